The van der Waals surface area contributed by atoms with E-state index in [1.807, 2.05) is 17.8 Å². The molecule has 1 atom stereocenters. The lowest BCUT2D eigenvalue weighted by atomic mass is 9.97. The van der Waals surface area contributed by atoms with Gasteiger partial charge in [0, 0.05) is 12.7 Å². The van der Waals surface area contributed by atoms with Crippen LogP contribution in [0.15, 0.2) is 24.4 Å². The topological polar surface area (TPSA) is 62.3 Å². The van der Waals surface area contributed by atoms with E-state index < -0.39 is 5.54 Å². The van der Waals surface area contributed by atoms with Crippen LogP contribution in [0.3, 0.4) is 0 Å². The molecule has 1 aromatic rings. The van der Waals surface area contributed by atoms with Gasteiger partial charge in [-0.05, 0) is 37.0 Å². The molecule has 1 fully saturated rings. The molecule has 0 radical (unpaired) electrons. The summed E-state index contributed by atoms with van der Waals surface area (Å²) in [4.78, 5) is 30.0. The monoisotopic (exact) mass is 293 g/mol. The molecule has 0 spiro atoms. The number of pyridine rings is 1. The minimum atomic E-state index is -1.05. The van der Waals surface area contributed by atoms with Gasteiger partial charge in [0.05, 0.1) is 5.69 Å². The van der Waals surface area contributed by atoms with E-state index in [1.54, 1.807) is 25.3 Å². The Morgan fingerprint density at radius 3 is 2.85 bits per heavy atom. The summed E-state index contributed by atoms with van der Waals surface area (Å²) in [6.07, 6.45) is 2.44. The Morgan fingerprint density at radius 1 is 1.40 bits per heavy atom. The highest BCUT2D eigenvalue weighted by Gasteiger charge is 2.49. The summed E-state index contributed by atoms with van der Waals surface area (Å²) in [6, 6.07) is 5.03. The fourth-order valence-electron chi connectivity index (χ4n) is 2.20. The highest BCUT2D eigenvalue weighted by Crippen LogP contribution is 2.27. The Bertz CT molecular complexity index is 494. The Balaban J connectivity index is 2.08. The molecule has 5 nitrogen and oxygen atoms in total. The third kappa shape index (κ3) is 2.80. The van der Waals surface area contributed by atoms with Gasteiger partial charge in [-0.2, -0.15) is 11.8 Å². The van der Waals surface area contributed by atoms with Gasteiger partial charge in [-0.15, -0.1) is 0 Å². The van der Waals surface area contributed by atoms with Gasteiger partial charge >= 0.3 is 6.03 Å². The average Bonchev–Trinajstić information content (AvgIpc) is 2.68. The maximum atomic E-state index is 12.5. The highest BCUT2D eigenvalue weighted by molar-refractivity contribution is 7.99. The zero-order valence-electron chi connectivity index (χ0n) is 11.8. The van der Waals surface area contributed by atoms with Crippen LogP contribution in [0.1, 0.15) is 26.0 Å². The number of amides is 3. The van der Waals surface area contributed by atoms with Gasteiger partial charge in [0.2, 0.25) is 0 Å². The zero-order chi connectivity index (χ0) is 14.6. The number of carbonyl (C=O) groups excluding carboxylic acids is 2. The summed E-state index contributed by atoms with van der Waals surface area (Å²) in [5.74, 6) is 1.78. The summed E-state index contributed by atoms with van der Waals surface area (Å²) in [5.41, 5.74) is -0.472. The number of aromatic nitrogens is 1. The van der Waals surface area contributed by atoms with Crippen molar-refractivity contribution in [2.24, 2.45) is 0 Å². The van der Waals surface area contributed by atoms with Crippen LogP contribution in [0.2, 0.25) is 0 Å². The van der Waals surface area contributed by atoms with Crippen molar-refractivity contribution in [3.63, 3.8) is 0 Å². The summed E-state index contributed by atoms with van der Waals surface area (Å²) < 4.78 is 0. The number of hydrogen-bond acceptors (Lipinski definition) is 4. The van der Waals surface area contributed by atoms with Gasteiger partial charge in [-0.3, -0.25) is 14.7 Å². The van der Waals surface area contributed by atoms with Crippen molar-refractivity contribution in [2.75, 3.05) is 18.1 Å². The Labute approximate surface area is 123 Å². The molecule has 1 aliphatic rings. The van der Waals surface area contributed by atoms with E-state index in [4.69, 9.17) is 0 Å². The minimum absolute atomic E-state index is 0.220. The van der Waals surface area contributed by atoms with Crippen molar-refractivity contribution in [1.29, 1.82) is 0 Å². The molecule has 0 bridgehead atoms. The number of rotatable bonds is 6. The van der Waals surface area contributed by atoms with Gasteiger partial charge in [0.25, 0.3) is 5.91 Å². The largest absolute Gasteiger partial charge is 0.325 e. The molecule has 6 heteroatoms. The van der Waals surface area contributed by atoms with Crippen molar-refractivity contribution < 1.29 is 9.59 Å². The molecule has 1 saturated heterocycles. The standard InChI is InChI=1S/C14H19N3O2S/c1-3-20-10-6-9-17-12(18)14(2,16-13(17)19)11-7-4-5-8-15-11/h4-5,7-8H,3,6,9-10H2,1-2H3,(H,16,19). The second kappa shape index (κ2) is 6.26. The van der Waals surface area contributed by atoms with Crippen LogP contribution in [0.4, 0.5) is 4.79 Å². The molecule has 2 heterocycles. The van der Waals surface area contributed by atoms with E-state index in [0.29, 0.717) is 12.2 Å². The van der Waals surface area contributed by atoms with E-state index >= 15 is 0 Å². The number of imide groups is 1. The summed E-state index contributed by atoms with van der Waals surface area (Å²) >= 11 is 1.81. The molecule has 1 N–H and O–H groups in total. The first-order valence-corrected chi connectivity index (χ1v) is 7.88. The fourth-order valence-corrected chi connectivity index (χ4v) is 2.82. The predicted molar refractivity (Wildman–Crippen MR) is 79.4 cm³/mol. The minimum Gasteiger partial charge on any atom is -0.318 e. The molecule has 1 unspecified atom stereocenters. The lowest BCUT2D eigenvalue weighted by molar-refractivity contribution is -0.131. The van der Waals surface area contributed by atoms with Crippen molar-refractivity contribution in [3.05, 3.63) is 30.1 Å². The van der Waals surface area contributed by atoms with E-state index in [1.165, 1.54) is 4.90 Å². The number of hydrogen-bond donors (Lipinski definition) is 1. The van der Waals surface area contributed by atoms with Crippen LogP contribution in [0.5, 0.6) is 0 Å². The first kappa shape index (κ1) is 14.8. The fraction of sp³-hybridized carbons (Fsp3) is 0.500. The van der Waals surface area contributed by atoms with Crippen molar-refractivity contribution in [1.82, 2.24) is 15.2 Å². The molecule has 3 amide bonds. The van der Waals surface area contributed by atoms with E-state index in [2.05, 4.69) is 17.2 Å². The summed E-state index contributed by atoms with van der Waals surface area (Å²) in [5, 5.41) is 2.76. The Kier molecular flexibility index (Phi) is 4.65. The van der Waals surface area contributed by atoms with Gasteiger partial charge in [-0.25, -0.2) is 4.79 Å². The predicted octanol–water partition coefficient (Wildman–Crippen LogP) is 1.99. The van der Waals surface area contributed by atoms with Crippen LogP contribution in [0.25, 0.3) is 0 Å². The third-order valence-electron chi connectivity index (χ3n) is 3.33. The molecule has 20 heavy (non-hydrogen) atoms. The molecular weight excluding hydrogens is 274 g/mol. The van der Waals surface area contributed by atoms with Gasteiger partial charge < -0.3 is 5.32 Å². The normalized spacial score (nSPS) is 22.2. The molecule has 2 rings (SSSR count). The van der Waals surface area contributed by atoms with Crippen LogP contribution in [0, 0.1) is 0 Å². The SMILES string of the molecule is CCSCCCN1C(=O)NC(C)(c2ccccn2)C1=O. The number of thioether (sulfide) groups is 1. The van der Waals surface area contributed by atoms with Crippen molar-refractivity contribution in [3.8, 4) is 0 Å². The Morgan fingerprint density at radius 2 is 2.20 bits per heavy atom. The molecule has 1 aliphatic heterocycles. The third-order valence-corrected chi connectivity index (χ3v) is 4.31. The summed E-state index contributed by atoms with van der Waals surface area (Å²) in [7, 11) is 0. The number of urea groups is 1. The molecule has 0 aliphatic carbocycles. The number of nitrogens with one attached hydrogen (secondary N) is 1. The smallest absolute Gasteiger partial charge is 0.318 e. The molecule has 0 aromatic carbocycles. The van der Waals surface area contributed by atoms with Crippen LogP contribution >= 0.6 is 11.8 Å². The lowest BCUT2D eigenvalue weighted by Crippen LogP contribution is -2.41. The van der Waals surface area contributed by atoms with E-state index in [-0.39, 0.29) is 11.9 Å². The number of nitrogens with zero attached hydrogens (tertiary/aromatic N) is 2. The molecule has 1 aromatic heterocycles. The maximum absolute atomic E-state index is 12.5. The van der Waals surface area contributed by atoms with Gasteiger partial charge in [0.15, 0.2) is 5.54 Å². The zero-order valence-corrected chi connectivity index (χ0v) is 12.6. The highest BCUT2D eigenvalue weighted by atomic mass is 32.2. The molecular formula is C14H19N3O2S. The lowest BCUT2D eigenvalue weighted by Gasteiger charge is -2.20. The first-order chi connectivity index (χ1) is 9.59. The van der Waals surface area contributed by atoms with E-state index in [0.717, 1.165) is 17.9 Å². The van der Waals surface area contributed by atoms with Gasteiger partial charge in [0.1, 0.15) is 0 Å². The average molecular weight is 293 g/mol. The second-order valence-corrected chi connectivity index (χ2v) is 6.17. The number of carbonyl (C=O) groups is 2. The molecule has 0 saturated carbocycles. The van der Waals surface area contributed by atoms with Crippen LogP contribution < -0.4 is 5.32 Å². The van der Waals surface area contributed by atoms with Gasteiger partial charge in [-0.1, -0.05) is 13.0 Å². The van der Waals surface area contributed by atoms with Crippen LogP contribution in [-0.4, -0.2) is 39.9 Å². The second-order valence-electron chi connectivity index (χ2n) is 4.78. The van der Waals surface area contributed by atoms with Crippen molar-refractivity contribution in [2.45, 2.75) is 25.8 Å². The maximum Gasteiger partial charge on any atom is 0.325 e. The first-order valence-electron chi connectivity index (χ1n) is 6.73. The van der Waals surface area contributed by atoms with Crippen molar-refractivity contribution >= 4 is 23.7 Å². The molecule has 108 valence electrons. The van der Waals surface area contributed by atoms with E-state index in [9.17, 15) is 9.59 Å². The summed E-state index contributed by atoms with van der Waals surface area (Å²) in [6.45, 7) is 4.26. The van der Waals surface area contributed by atoms with Crippen LogP contribution in [-0.2, 0) is 10.3 Å². The Hall–Kier alpha value is -1.56. The quantitative estimate of drug-likeness (QED) is 0.643.